The first-order chi connectivity index (χ1) is 7.68. The van der Waals surface area contributed by atoms with Gasteiger partial charge < -0.3 is 4.74 Å². The highest BCUT2D eigenvalue weighted by Gasteiger charge is 2.23. The van der Waals surface area contributed by atoms with E-state index in [0.29, 0.717) is 26.3 Å². The monoisotopic (exact) mass is 246 g/mol. The van der Waals surface area contributed by atoms with E-state index in [2.05, 4.69) is 14.9 Å². The fraction of sp³-hybridized carbons (Fsp3) is 0.625. The summed E-state index contributed by atoms with van der Waals surface area (Å²) in [5, 5.41) is 6.37. The Bertz CT molecular complexity index is 411. The van der Waals surface area contributed by atoms with Crippen molar-refractivity contribution in [3.8, 4) is 0 Å². The van der Waals surface area contributed by atoms with Crippen molar-refractivity contribution in [2.45, 2.75) is 6.54 Å². The first kappa shape index (κ1) is 11.5. The second kappa shape index (κ2) is 4.91. The predicted molar refractivity (Wildman–Crippen MR) is 56.7 cm³/mol. The minimum Gasteiger partial charge on any atom is -0.379 e. The van der Waals surface area contributed by atoms with Crippen LogP contribution in [0.5, 0.6) is 0 Å². The molecule has 2 rings (SSSR count). The highest BCUT2D eigenvalue weighted by molar-refractivity contribution is 7.87. The first-order valence-electron chi connectivity index (χ1n) is 4.98. The fourth-order valence-electron chi connectivity index (χ4n) is 1.43. The number of aromatic nitrogens is 2. The highest BCUT2D eigenvalue weighted by Crippen LogP contribution is 2.04. The molecule has 0 bridgehead atoms. The molecule has 8 heteroatoms. The molecule has 2 N–H and O–H groups in total. The van der Waals surface area contributed by atoms with Crippen LogP contribution >= 0.6 is 0 Å². The average Bonchev–Trinajstić information content (AvgIpc) is 2.81. The summed E-state index contributed by atoms with van der Waals surface area (Å²) >= 11 is 0. The SMILES string of the molecule is O=S(=O)(NCc1cn[nH]c1)N1CCOCC1. The van der Waals surface area contributed by atoms with Crippen molar-refractivity contribution in [1.82, 2.24) is 19.2 Å². The van der Waals surface area contributed by atoms with Crippen molar-refractivity contribution >= 4 is 10.2 Å². The number of H-pyrrole nitrogens is 1. The zero-order valence-electron chi connectivity index (χ0n) is 8.72. The Labute approximate surface area is 94.0 Å². The molecule has 7 nitrogen and oxygen atoms in total. The maximum atomic E-state index is 11.8. The van der Waals surface area contributed by atoms with Gasteiger partial charge in [0.15, 0.2) is 0 Å². The lowest BCUT2D eigenvalue weighted by atomic mass is 10.4. The lowest BCUT2D eigenvalue weighted by molar-refractivity contribution is 0.0725. The molecule has 0 spiro atoms. The fourth-order valence-corrected chi connectivity index (χ4v) is 2.59. The smallest absolute Gasteiger partial charge is 0.279 e. The van der Waals surface area contributed by atoms with Gasteiger partial charge in [0.05, 0.1) is 19.4 Å². The van der Waals surface area contributed by atoms with E-state index in [1.54, 1.807) is 12.4 Å². The van der Waals surface area contributed by atoms with Gasteiger partial charge in [-0.05, 0) is 0 Å². The predicted octanol–water partition coefficient (Wildman–Crippen LogP) is -0.924. The Balaban J connectivity index is 1.91. The van der Waals surface area contributed by atoms with E-state index in [4.69, 9.17) is 4.74 Å². The van der Waals surface area contributed by atoms with Gasteiger partial charge in [0.25, 0.3) is 10.2 Å². The second-order valence-corrected chi connectivity index (χ2v) is 5.20. The molecule has 0 radical (unpaired) electrons. The lowest BCUT2D eigenvalue weighted by Crippen LogP contribution is -2.46. The Morgan fingerprint density at radius 2 is 2.25 bits per heavy atom. The van der Waals surface area contributed by atoms with Crippen molar-refractivity contribution < 1.29 is 13.2 Å². The van der Waals surface area contributed by atoms with Crippen LogP contribution in [0.3, 0.4) is 0 Å². The van der Waals surface area contributed by atoms with Crippen LogP contribution in [0.15, 0.2) is 12.4 Å². The zero-order chi connectivity index (χ0) is 11.4. The van der Waals surface area contributed by atoms with Crippen molar-refractivity contribution in [2.24, 2.45) is 0 Å². The number of rotatable bonds is 4. The molecule has 0 amide bonds. The first-order valence-corrected chi connectivity index (χ1v) is 6.42. The van der Waals surface area contributed by atoms with E-state index in [1.165, 1.54) is 4.31 Å². The normalized spacial score (nSPS) is 18.8. The van der Waals surface area contributed by atoms with Crippen molar-refractivity contribution in [1.29, 1.82) is 0 Å². The lowest BCUT2D eigenvalue weighted by Gasteiger charge is -2.25. The van der Waals surface area contributed by atoms with Gasteiger partial charge in [-0.15, -0.1) is 0 Å². The van der Waals surface area contributed by atoms with Crippen LogP contribution < -0.4 is 4.72 Å². The molecule has 1 fully saturated rings. The Hall–Kier alpha value is -0.960. The van der Waals surface area contributed by atoms with Crippen LogP contribution in [-0.2, 0) is 21.5 Å². The van der Waals surface area contributed by atoms with Gasteiger partial charge in [-0.3, -0.25) is 5.10 Å². The Morgan fingerprint density at radius 3 is 2.88 bits per heavy atom. The summed E-state index contributed by atoms with van der Waals surface area (Å²) in [5.41, 5.74) is 0.803. The van der Waals surface area contributed by atoms with Gasteiger partial charge in [-0.1, -0.05) is 0 Å². The third-order valence-electron chi connectivity index (χ3n) is 2.32. The van der Waals surface area contributed by atoms with E-state index < -0.39 is 10.2 Å². The Morgan fingerprint density at radius 1 is 1.50 bits per heavy atom. The van der Waals surface area contributed by atoms with Crippen molar-refractivity contribution in [3.05, 3.63) is 18.0 Å². The third kappa shape index (κ3) is 2.79. The molecule has 0 aromatic carbocycles. The third-order valence-corrected chi connectivity index (χ3v) is 3.88. The van der Waals surface area contributed by atoms with E-state index in [0.717, 1.165) is 5.56 Å². The Kier molecular flexibility index (Phi) is 3.54. The molecule has 1 aromatic rings. The summed E-state index contributed by atoms with van der Waals surface area (Å²) in [6, 6.07) is 0. The highest BCUT2D eigenvalue weighted by atomic mass is 32.2. The van der Waals surface area contributed by atoms with Crippen LogP contribution in [0, 0.1) is 0 Å². The van der Waals surface area contributed by atoms with E-state index in [9.17, 15) is 8.42 Å². The van der Waals surface area contributed by atoms with Crippen LogP contribution in [-0.4, -0.2) is 49.2 Å². The van der Waals surface area contributed by atoms with Gasteiger partial charge in [0, 0.05) is 31.4 Å². The van der Waals surface area contributed by atoms with Gasteiger partial charge >= 0.3 is 0 Å². The number of morpholine rings is 1. The molecule has 0 unspecified atom stereocenters. The quantitative estimate of drug-likeness (QED) is 0.719. The summed E-state index contributed by atoms with van der Waals surface area (Å²) in [6.45, 7) is 1.96. The van der Waals surface area contributed by atoms with E-state index in [1.807, 2.05) is 0 Å². The maximum absolute atomic E-state index is 11.8. The van der Waals surface area contributed by atoms with E-state index in [-0.39, 0.29) is 6.54 Å². The number of nitrogens with one attached hydrogen (secondary N) is 2. The number of hydrogen-bond donors (Lipinski definition) is 2. The molecule has 1 aromatic heterocycles. The summed E-state index contributed by atoms with van der Waals surface area (Å²) in [6.07, 6.45) is 3.24. The summed E-state index contributed by atoms with van der Waals surface area (Å²) in [7, 11) is -3.40. The van der Waals surface area contributed by atoms with E-state index >= 15 is 0 Å². The largest absolute Gasteiger partial charge is 0.379 e. The standard InChI is InChI=1S/C8H14N4O3S/c13-16(14,12-1-3-15-4-2-12)11-7-8-5-9-10-6-8/h5-6,11H,1-4,7H2,(H,9,10). The van der Waals surface area contributed by atoms with Gasteiger partial charge in [0.2, 0.25) is 0 Å². The summed E-state index contributed by atoms with van der Waals surface area (Å²) < 4.78 is 32.6. The molecule has 90 valence electrons. The number of nitrogens with zero attached hydrogens (tertiary/aromatic N) is 2. The molecule has 1 aliphatic heterocycles. The molecule has 1 aliphatic rings. The minimum atomic E-state index is -3.40. The molecule has 2 heterocycles. The maximum Gasteiger partial charge on any atom is 0.279 e. The zero-order valence-corrected chi connectivity index (χ0v) is 9.53. The molecule has 0 aliphatic carbocycles. The number of aromatic amines is 1. The molecule has 16 heavy (non-hydrogen) atoms. The van der Waals surface area contributed by atoms with Gasteiger partial charge in [-0.25, -0.2) is 0 Å². The second-order valence-electron chi connectivity index (χ2n) is 3.44. The molecule has 0 atom stereocenters. The van der Waals surface area contributed by atoms with Crippen molar-refractivity contribution in [3.63, 3.8) is 0 Å². The average molecular weight is 246 g/mol. The molecule has 1 saturated heterocycles. The number of ether oxygens (including phenoxy) is 1. The molecule has 0 saturated carbocycles. The van der Waals surface area contributed by atoms with Crippen LogP contribution in [0.25, 0.3) is 0 Å². The summed E-state index contributed by atoms with van der Waals surface area (Å²) in [5.74, 6) is 0. The van der Waals surface area contributed by atoms with Gasteiger partial charge in [-0.2, -0.15) is 22.5 Å². The van der Waals surface area contributed by atoms with Crippen LogP contribution in [0.4, 0.5) is 0 Å². The molecular weight excluding hydrogens is 232 g/mol. The summed E-state index contributed by atoms with van der Waals surface area (Å²) in [4.78, 5) is 0. The van der Waals surface area contributed by atoms with Gasteiger partial charge in [0.1, 0.15) is 0 Å². The topological polar surface area (TPSA) is 87.3 Å². The minimum absolute atomic E-state index is 0.246. The van der Waals surface area contributed by atoms with Crippen LogP contribution in [0.2, 0.25) is 0 Å². The molecular formula is C8H14N4O3S. The van der Waals surface area contributed by atoms with Crippen LogP contribution in [0.1, 0.15) is 5.56 Å². The van der Waals surface area contributed by atoms with Crippen molar-refractivity contribution in [2.75, 3.05) is 26.3 Å². The number of hydrogen-bond acceptors (Lipinski definition) is 4.